The molecule has 1 N–H and O–H groups in total. The fourth-order valence-electron chi connectivity index (χ4n) is 3.31. The minimum absolute atomic E-state index is 0.0255. The van der Waals surface area contributed by atoms with Gasteiger partial charge in [-0.1, -0.05) is 23.4 Å². The maximum Gasteiger partial charge on any atom is 0.238 e. The highest BCUT2D eigenvalue weighted by Gasteiger charge is 2.37. The topological polar surface area (TPSA) is 80.2 Å². The molecule has 0 spiro atoms. The van der Waals surface area contributed by atoms with E-state index in [1.54, 1.807) is 87.0 Å². The standard InChI is InChI=1S/C25H22ClN3O4S/c1-32-20-11-7-18(8-12-20)28-25-29(19-9-13-21(33-2)14-10-19)23(30)15-22(34-25)24(31)27-17-5-3-16(26)4-6-17/h3-14,22H,15H2,1-2H3,(H,27,31). The van der Waals surface area contributed by atoms with E-state index in [-0.39, 0.29) is 18.2 Å². The number of amidine groups is 1. The SMILES string of the molecule is COc1ccc(N=C2SC(C(=O)Nc3ccc(Cl)cc3)CC(=O)N2c2ccc(OC)cc2)cc1. The summed E-state index contributed by atoms with van der Waals surface area (Å²) in [4.78, 5) is 32.5. The lowest BCUT2D eigenvalue weighted by Crippen LogP contribution is -2.45. The number of nitrogens with one attached hydrogen (secondary N) is 1. The van der Waals surface area contributed by atoms with Crippen LogP contribution in [0.4, 0.5) is 17.1 Å². The Morgan fingerprint density at radius 3 is 2.15 bits per heavy atom. The zero-order valence-electron chi connectivity index (χ0n) is 18.5. The first-order valence-corrected chi connectivity index (χ1v) is 11.7. The highest BCUT2D eigenvalue weighted by molar-refractivity contribution is 8.15. The number of anilines is 2. The van der Waals surface area contributed by atoms with Crippen molar-refractivity contribution < 1.29 is 19.1 Å². The molecule has 4 rings (SSSR count). The van der Waals surface area contributed by atoms with Crippen molar-refractivity contribution in [3.8, 4) is 11.5 Å². The van der Waals surface area contributed by atoms with Gasteiger partial charge in [-0.3, -0.25) is 14.5 Å². The molecular formula is C25H22ClN3O4S. The number of carbonyl (C=O) groups excluding carboxylic acids is 2. The summed E-state index contributed by atoms with van der Waals surface area (Å²) in [6, 6.07) is 21.1. The van der Waals surface area contributed by atoms with Crippen LogP contribution in [-0.4, -0.2) is 36.5 Å². The Balaban J connectivity index is 1.64. The largest absolute Gasteiger partial charge is 0.497 e. The normalized spacial score (nSPS) is 16.9. The third-order valence-corrected chi connectivity index (χ3v) is 6.48. The predicted octanol–water partition coefficient (Wildman–Crippen LogP) is 5.52. The van der Waals surface area contributed by atoms with Crippen LogP contribution in [0.2, 0.25) is 5.02 Å². The first kappa shape index (κ1) is 23.7. The quantitative estimate of drug-likeness (QED) is 0.487. The third kappa shape index (κ3) is 5.52. The van der Waals surface area contributed by atoms with Crippen LogP contribution in [0.25, 0.3) is 0 Å². The summed E-state index contributed by atoms with van der Waals surface area (Å²) in [5.41, 5.74) is 1.88. The van der Waals surface area contributed by atoms with Gasteiger partial charge < -0.3 is 14.8 Å². The van der Waals surface area contributed by atoms with Crippen LogP contribution >= 0.6 is 23.4 Å². The van der Waals surface area contributed by atoms with Crippen molar-refractivity contribution in [2.24, 2.45) is 4.99 Å². The number of nitrogens with zero attached hydrogens (tertiary/aromatic N) is 2. The van der Waals surface area contributed by atoms with Gasteiger partial charge in [0.2, 0.25) is 11.8 Å². The molecule has 174 valence electrons. The number of halogens is 1. The van der Waals surface area contributed by atoms with Crippen LogP contribution in [0.1, 0.15) is 6.42 Å². The average molecular weight is 496 g/mol. The lowest BCUT2D eigenvalue weighted by Gasteiger charge is -2.31. The van der Waals surface area contributed by atoms with Gasteiger partial charge in [-0.25, -0.2) is 4.99 Å². The molecule has 1 atom stereocenters. The molecule has 0 bridgehead atoms. The van der Waals surface area contributed by atoms with E-state index in [2.05, 4.69) is 5.32 Å². The Morgan fingerprint density at radius 2 is 1.56 bits per heavy atom. The number of amides is 2. The van der Waals surface area contributed by atoms with E-state index in [9.17, 15) is 9.59 Å². The van der Waals surface area contributed by atoms with Gasteiger partial charge in [0.05, 0.1) is 25.6 Å². The van der Waals surface area contributed by atoms with Crippen molar-refractivity contribution in [3.63, 3.8) is 0 Å². The molecule has 0 aromatic heterocycles. The molecule has 1 heterocycles. The lowest BCUT2D eigenvalue weighted by molar-refractivity contribution is -0.121. The van der Waals surface area contributed by atoms with Crippen molar-refractivity contribution in [2.45, 2.75) is 11.7 Å². The Morgan fingerprint density at radius 1 is 0.971 bits per heavy atom. The maximum absolute atomic E-state index is 13.2. The zero-order valence-corrected chi connectivity index (χ0v) is 20.1. The number of benzene rings is 3. The molecule has 1 fully saturated rings. The molecule has 1 aliphatic heterocycles. The molecule has 34 heavy (non-hydrogen) atoms. The summed E-state index contributed by atoms with van der Waals surface area (Å²) < 4.78 is 10.4. The molecule has 9 heteroatoms. The number of hydrogen-bond acceptors (Lipinski definition) is 6. The number of methoxy groups -OCH3 is 2. The maximum atomic E-state index is 13.2. The molecule has 0 saturated carbocycles. The number of hydrogen-bond donors (Lipinski definition) is 1. The second kappa shape index (κ2) is 10.6. The minimum Gasteiger partial charge on any atom is -0.497 e. The van der Waals surface area contributed by atoms with Gasteiger partial charge in [0.15, 0.2) is 5.17 Å². The summed E-state index contributed by atoms with van der Waals surface area (Å²) >= 11 is 7.16. The van der Waals surface area contributed by atoms with Crippen molar-refractivity contribution in [1.29, 1.82) is 0 Å². The summed E-state index contributed by atoms with van der Waals surface area (Å²) in [6.07, 6.45) is 0.0255. The summed E-state index contributed by atoms with van der Waals surface area (Å²) in [6.45, 7) is 0. The van der Waals surface area contributed by atoms with E-state index in [1.807, 2.05) is 0 Å². The molecular weight excluding hydrogens is 474 g/mol. The van der Waals surface area contributed by atoms with Crippen LogP contribution in [-0.2, 0) is 9.59 Å². The Bertz CT molecular complexity index is 1200. The fraction of sp³-hybridized carbons (Fsp3) is 0.160. The van der Waals surface area contributed by atoms with Gasteiger partial charge >= 0.3 is 0 Å². The molecule has 3 aromatic carbocycles. The third-order valence-electron chi connectivity index (χ3n) is 5.08. The monoisotopic (exact) mass is 495 g/mol. The van der Waals surface area contributed by atoms with Crippen LogP contribution in [0.3, 0.4) is 0 Å². The van der Waals surface area contributed by atoms with E-state index < -0.39 is 5.25 Å². The molecule has 0 radical (unpaired) electrons. The van der Waals surface area contributed by atoms with Gasteiger partial charge in [-0.15, -0.1) is 0 Å². The van der Waals surface area contributed by atoms with E-state index in [0.717, 1.165) is 0 Å². The number of carbonyl (C=O) groups is 2. The molecule has 1 saturated heterocycles. The van der Waals surface area contributed by atoms with Crippen LogP contribution < -0.4 is 19.7 Å². The Hall–Kier alpha value is -3.49. The minimum atomic E-state index is -0.644. The van der Waals surface area contributed by atoms with Crippen LogP contribution in [0, 0.1) is 0 Å². The van der Waals surface area contributed by atoms with Crippen molar-refractivity contribution in [3.05, 3.63) is 77.8 Å². The van der Waals surface area contributed by atoms with Crippen LogP contribution in [0.15, 0.2) is 77.8 Å². The molecule has 2 amide bonds. The number of rotatable bonds is 6. The average Bonchev–Trinajstić information content (AvgIpc) is 2.86. The van der Waals surface area contributed by atoms with Gasteiger partial charge in [0, 0.05) is 17.1 Å². The zero-order chi connectivity index (χ0) is 24.1. The molecule has 1 aliphatic rings. The number of ether oxygens (including phenoxy) is 2. The molecule has 7 nitrogen and oxygen atoms in total. The number of thioether (sulfide) groups is 1. The Labute approximate surface area is 206 Å². The molecule has 0 aliphatic carbocycles. The first-order valence-electron chi connectivity index (χ1n) is 10.4. The molecule has 1 unspecified atom stereocenters. The Kier molecular flexibility index (Phi) is 7.40. The van der Waals surface area contributed by atoms with E-state index in [4.69, 9.17) is 26.1 Å². The second-order valence-corrected chi connectivity index (χ2v) is 8.93. The van der Waals surface area contributed by atoms with E-state index >= 15 is 0 Å². The lowest BCUT2D eigenvalue weighted by atomic mass is 10.2. The predicted molar refractivity (Wildman–Crippen MR) is 137 cm³/mol. The molecule has 3 aromatic rings. The van der Waals surface area contributed by atoms with Crippen molar-refractivity contribution in [2.75, 3.05) is 24.4 Å². The first-order chi connectivity index (χ1) is 16.5. The highest BCUT2D eigenvalue weighted by atomic mass is 35.5. The summed E-state index contributed by atoms with van der Waals surface area (Å²) in [7, 11) is 3.17. The number of aliphatic imine (C=N–C) groups is 1. The van der Waals surface area contributed by atoms with E-state index in [1.165, 1.54) is 16.7 Å². The van der Waals surface area contributed by atoms with Gasteiger partial charge in [0.1, 0.15) is 16.7 Å². The highest BCUT2D eigenvalue weighted by Crippen LogP contribution is 2.34. The fourth-order valence-corrected chi connectivity index (χ4v) is 4.55. The van der Waals surface area contributed by atoms with Gasteiger partial charge in [0.25, 0.3) is 0 Å². The summed E-state index contributed by atoms with van der Waals surface area (Å²) in [5.74, 6) is 0.864. The van der Waals surface area contributed by atoms with Crippen molar-refractivity contribution >= 4 is 57.4 Å². The van der Waals surface area contributed by atoms with E-state index in [0.29, 0.717) is 38.8 Å². The van der Waals surface area contributed by atoms with Gasteiger partial charge in [-0.2, -0.15) is 0 Å². The van der Waals surface area contributed by atoms with Gasteiger partial charge in [-0.05, 0) is 72.8 Å². The second-order valence-electron chi connectivity index (χ2n) is 7.33. The van der Waals surface area contributed by atoms with Crippen molar-refractivity contribution in [1.82, 2.24) is 0 Å². The smallest absolute Gasteiger partial charge is 0.238 e. The summed E-state index contributed by atoms with van der Waals surface area (Å²) in [5, 5.41) is 3.19. The van der Waals surface area contributed by atoms with Crippen LogP contribution in [0.5, 0.6) is 11.5 Å².